The van der Waals surface area contributed by atoms with Gasteiger partial charge < -0.3 is 5.32 Å². The third-order valence-corrected chi connectivity index (χ3v) is 5.40. The molecule has 2 atom stereocenters. The molecule has 1 aliphatic rings. The number of anilines is 1. The lowest BCUT2D eigenvalue weighted by Crippen LogP contribution is -2.14. The van der Waals surface area contributed by atoms with E-state index in [1.807, 2.05) is 30.3 Å². The van der Waals surface area contributed by atoms with Crippen molar-refractivity contribution in [3.63, 3.8) is 0 Å². The number of aromatic nitrogens is 1. The van der Waals surface area contributed by atoms with E-state index < -0.39 is 0 Å². The van der Waals surface area contributed by atoms with Crippen LogP contribution in [0.4, 0.5) is 5.69 Å². The summed E-state index contributed by atoms with van der Waals surface area (Å²) >= 11 is 1.74. The van der Waals surface area contributed by atoms with Crippen molar-refractivity contribution in [2.24, 2.45) is 11.8 Å². The highest BCUT2D eigenvalue weighted by molar-refractivity contribution is 7.18. The Kier molecular flexibility index (Phi) is 3.62. The Labute approximate surface area is 139 Å². The predicted molar refractivity (Wildman–Crippen MR) is 94.8 cm³/mol. The largest absolute Gasteiger partial charge is 0.326 e. The number of thiazole rings is 1. The van der Waals surface area contributed by atoms with Gasteiger partial charge >= 0.3 is 0 Å². The molecule has 1 fully saturated rings. The molecule has 1 aromatic heterocycles. The number of carbonyl (C=O) groups is 1. The van der Waals surface area contributed by atoms with Gasteiger partial charge in [-0.05, 0) is 42.2 Å². The van der Waals surface area contributed by atoms with Crippen LogP contribution in [-0.2, 0) is 11.2 Å². The van der Waals surface area contributed by atoms with Crippen molar-refractivity contribution in [1.29, 1.82) is 0 Å². The highest BCUT2D eigenvalue weighted by atomic mass is 32.1. The van der Waals surface area contributed by atoms with Gasteiger partial charge in [0.2, 0.25) is 5.91 Å². The Morgan fingerprint density at radius 2 is 1.96 bits per heavy atom. The van der Waals surface area contributed by atoms with Gasteiger partial charge in [0.25, 0.3) is 0 Å². The summed E-state index contributed by atoms with van der Waals surface area (Å²) in [5.74, 6) is 0.891. The molecule has 3 aromatic rings. The van der Waals surface area contributed by atoms with E-state index in [4.69, 9.17) is 0 Å². The van der Waals surface area contributed by atoms with E-state index in [0.29, 0.717) is 5.92 Å². The fraction of sp³-hybridized carbons (Fsp3) is 0.263. The average Bonchev–Trinajstić information content (AvgIpc) is 3.15. The SMILES string of the molecule is C[C@@H]1C[C@H]1C(=O)Nc1ccc(Cc2nc3ccccc3s2)cc1. The lowest BCUT2D eigenvalue weighted by Gasteiger charge is -2.05. The first-order valence-electron chi connectivity index (χ1n) is 7.93. The summed E-state index contributed by atoms with van der Waals surface area (Å²) in [6.07, 6.45) is 1.84. The monoisotopic (exact) mass is 322 g/mol. The second-order valence-corrected chi connectivity index (χ2v) is 7.37. The quantitative estimate of drug-likeness (QED) is 0.769. The number of hydrogen-bond acceptors (Lipinski definition) is 3. The minimum absolute atomic E-state index is 0.149. The molecule has 0 unspecified atom stereocenters. The van der Waals surface area contributed by atoms with Gasteiger partial charge in [0.15, 0.2) is 0 Å². The van der Waals surface area contributed by atoms with Crippen LogP contribution in [-0.4, -0.2) is 10.9 Å². The first-order chi connectivity index (χ1) is 11.2. The van der Waals surface area contributed by atoms with Gasteiger partial charge in [-0.1, -0.05) is 31.2 Å². The van der Waals surface area contributed by atoms with E-state index in [0.717, 1.165) is 29.1 Å². The molecular weight excluding hydrogens is 304 g/mol. The molecule has 1 amide bonds. The van der Waals surface area contributed by atoms with Gasteiger partial charge in [-0.15, -0.1) is 11.3 Å². The van der Waals surface area contributed by atoms with E-state index in [1.54, 1.807) is 11.3 Å². The highest BCUT2D eigenvalue weighted by Gasteiger charge is 2.38. The number of rotatable bonds is 4. The van der Waals surface area contributed by atoms with Gasteiger partial charge in [0.05, 0.1) is 15.2 Å². The molecule has 1 heterocycles. The van der Waals surface area contributed by atoms with Gasteiger partial charge in [-0.2, -0.15) is 0 Å². The summed E-state index contributed by atoms with van der Waals surface area (Å²) in [5.41, 5.74) is 3.15. The summed E-state index contributed by atoms with van der Waals surface area (Å²) in [5, 5.41) is 4.12. The number of amides is 1. The second-order valence-electron chi connectivity index (χ2n) is 6.26. The standard InChI is InChI=1S/C19H18N2OS/c1-12-10-15(12)19(22)20-14-8-6-13(7-9-14)11-18-21-16-4-2-3-5-17(16)23-18/h2-9,12,15H,10-11H2,1H3,(H,20,22)/t12-,15-/m1/s1. The minimum atomic E-state index is 0.149. The van der Waals surface area contributed by atoms with Crippen molar-refractivity contribution in [3.05, 3.63) is 59.1 Å². The smallest absolute Gasteiger partial charge is 0.227 e. The Bertz CT molecular complexity index is 820. The van der Waals surface area contributed by atoms with E-state index in [9.17, 15) is 4.79 Å². The Morgan fingerprint density at radius 3 is 2.65 bits per heavy atom. The molecule has 1 aliphatic carbocycles. The minimum Gasteiger partial charge on any atom is -0.326 e. The van der Waals surface area contributed by atoms with Crippen LogP contribution < -0.4 is 5.32 Å². The third-order valence-electron chi connectivity index (χ3n) is 4.36. The number of benzene rings is 2. The number of nitrogens with zero attached hydrogens (tertiary/aromatic N) is 1. The zero-order valence-corrected chi connectivity index (χ0v) is 13.8. The molecule has 0 saturated heterocycles. The lowest BCUT2D eigenvalue weighted by atomic mass is 10.1. The number of hydrogen-bond donors (Lipinski definition) is 1. The van der Waals surface area contributed by atoms with Crippen molar-refractivity contribution in [2.45, 2.75) is 19.8 Å². The van der Waals surface area contributed by atoms with Crippen molar-refractivity contribution in [2.75, 3.05) is 5.32 Å². The fourth-order valence-corrected chi connectivity index (χ4v) is 3.80. The maximum atomic E-state index is 11.9. The molecule has 2 aromatic carbocycles. The molecule has 0 spiro atoms. The molecule has 116 valence electrons. The van der Waals surface area contributed by atoms with Gasteiger partial charge in [-0.3, -0.25) is 4.79 Å². The number of para-hydroxylation sites is 1. The van der Waals surface area contributed by atoms with Crippen LogP contribution in [0.25, 0.3) is 10.2 Å². The molecule has 1 saturated carbocycles. The number of carbonyl (C=O) groups excluding carboxylic acids is 1. The highest BCUT2D eigenvalue weighted by Crippen LogP contribution is 2.38. The van der Waals surface area contributed by atoms with Gasteiger partial charge in [-0.25, -0.2) is 4.98 Å². The molecule has 3 nitrogen and oxygen atoms in total. The molecule has 1 N–H and O–H groups in total. The summed E-state index contributed by atoms with van der Waals surface area (Å²) < 4.78 is 1.23. The van der Waals surface area contributed by atoms with Crippen molar-refractivity contribution < 1.29 is 4.79 Å². The predicted octanol–water partition coefficient (Wildman–Crippen LogP) is 4.48. The molecule has 0 aliphatic heterocycles. The average molecular weight is 322 g/mol. The molecule has 4 rings (SSSR count). The van der Waals surface area contributed by atoms with Crippen molar-refractivity contribution in [3.8, 4) is 0 Å². The van der Waals surface area contributed by atoms with Crippen LogP contribution in [0.3, 0.4) is 0 Å². The van der Waals surface area contributed by atoms with Gasteiger partial charge in [0.1, 0.15) is 0 Å². The van der Waals surface area contributed by atoms with Crippen LogP contribution in [0.5, 0.6) is 0 Å². The van der Waals surface area contributed by atoms with Crippen LogP contribution in [0.15, 0.2) is 48.5 Å². The second kappa shape index (κ2) is 5.78. The normalized spacial score (nSPS) is 19.7. The third kappa shape index (κ3) is 3.13. The Morgan fingerprint density at radius 1 is 1.22 bits per heavy atom. The Hall–Kier alpha value is -2.20. The summed E-state index contributed by atoms with van der Waals surface area (Å²) in [4.78, 5) is 16.6. The first-order valence-corrected chi connectivity index (χ1v) is 8.75. The zero-order valence-electron chi connectivity index (χ0n) is 13.0. The summed E-state index contributed by atoms with van der Waals surface area (Å²) in [6.45, 7) is 2.12. The molecule has 23 heavy (non-hydrogen) atoms. The first kappa shape index (κ1) is 14.4. The molecule has 4 heteroatoms. The van der Waals surface area contributed by atoms with Crippen LogP contribution in [0.2, 0.25) is 0 Å². The van der Waals surface area contributed by atoms with E-state index >= 15 is 0 Å². The van der Waals surface area contributed by atoms with Crippen LogP contribution in [0.1, 0.15) is 23.9 Å². The van der Waals surface area contributed by atoms with Gasteiger partial charge in [0, 0.05) is 18.0 Å². The fourth-order valence-electron chi connectivity index (χ4n) is 2.80. The van der Waals surface area contributed by atoms with Crippen LogP contribution in [0, 0.1) is 11.8 Å². The van der Waals surface area contributed by atoms with Crippen LogP contribution >= 0.6 is 11.3 Å². The summed E-state index contributed by atoms with van der Waals surface area (Å²) in [7, 11) is 0. The van der Waals surface area contributed by atoms with Crippen molar-refractivity contribution in [1.82, 2.24) is 4.98 Å². The number of fused-ring (bicyclic) bond motifs is 1. The maximum Gasteiger partial charge on any atom is 0.227 e. The molecular formula is C19H18N2OS. The van der Waals surface area contributed by atoms with E-state index in [-0.39, 0.29) is 11.8 Å². The topological polar surface area (TPSA) is 42.0 Å². The maximum absolute atomic E-state index is 11.9. The van der Waals surface area contributed by atoms with E-state index in [1.165, 1.54) is 10.3 Å². The van der Waals surface area contributed by atoms with E-state index in [2.05, 4.69) is 35.4 Å². The Balaban J connectivity index is 1.44. The van der Waals surface area contributed by atoms with Crippen molar-refractivity contribution >= 4 is 33.1 Å². The lowest BCUT2D eigenvalue weighted by molar-refractivity contribution is -0.117. The number of nitrogens with one attached hydrogen (secondary N) is 1. The summed E-state index contributed by atoms with van der Waals surface area (Å²) in [6, 6.07) is 16.3. The molecule has 0 bridgehead atoms. The molecule has 0 radical (unpaired) electrons. The zero-order chi connectivity index (χ0) is 15.8.